The minimum absolute atomic E-state index is 0.262. The molecule has 100 valence electrons. The Hall–Kier alpha value is -0.620. The summed E-state index contributed by atoms with van der Waals surface area (Å²) in [5, 5.41) is 10.1. The molecule has 1 unspecified atom stereocenters. The molecule has 2 aromatic rings. The second-order valence-electron chi connectivity index (χ2n) is 4.31. The maximum atomic E-state index is 13.2. The fourth-order valence-electron chi connectivity index (χ4n) is 2.11. The molecule has 0 saturated heterocycles. The third-order valence-corrected chi connectivity index (χ3v) is 5.59. The molecule has 0 fully saturated rings. The number of halogens is 3. The highest BCUT2D eigenvalue weighted by Gasteiger charge is 2.29. The number of ether oxygens (including phenoxy) is 1. The number of fused-ring (bicyclic) bond motifs is 1. The summed E-state index contributed by atoms with van der Waals surface area (Å²) < 4.78 is 20.4. The zero-order valence-electron chi connectivity index (χ0n) is 9.57. The number of benzene rings is 1. The molecule has 3 rings (SSSR count). The van der Waals surface area contributed by atoms with Crippen LogP contribution in [0.25, 0.3) is 0 Å². The predicted octanol–water partition coefficient (Wildman–Crippen LogP) is 4.86. The minimum Gasteiger partial charge on any atom is -0.484 e. The highest BCUT2D eigenvalue weighted by atomic mass is 79.9. The highest BCUT2D eigenvalue weighted by molar-refractivity contribution is 9.10. The van der Waals surface area contributed by atoms with E-state index in [1.165, 1.54) is 23.5 Å². The van der Waals surface area contributed by atoms with Gasteiger partial charge in [-0.05, 0) is 40.2 Å². The van der Waals surface area contributed by atoms with E-state index in [1.807, 2.05) is 6.07 Å². The zero-order valence-corrected chi connectivity index (χ0v) is 12.7. The van der Waals surface area contributed by atoms with Crippen LogP contribution in [0.4, 0.5) is 4.39 Å². The first-order valence-corrected chi connectivity index (χ1v) is 7.62. The van der Waals surface area contributed by atoms with E-state index in [0.29, 0.717) is 22.1 Å². The molecule has 2 heterocycles. The lowest BCUT2D eigenvalue weighted by molar-refractivity contribution is 0.0670. The fourth-order valence-corrected chi connectivity index (χ4v) is 3.89. The highest BCUT2D eigenvalue weighted by Crippen LogP contribution is 2.44. The molecule has 0 aliphatic carbocycles. The van der Waals surface area contributed by atoms with Gasteiger partial charge in [-0.1, -0.05) is 11.6 Å². The summed E-state index contributed by atoms with van der Waals surface area (Å²) in [6.45, 7) is 0. The third kappa shape index (κ3) is 2.52. The standard InChI is InChI=1S/C13H9BrClFO2S/c14-8-4-12(19-13(8)15)11-5-9(17)7-3-6(16)1-2-10(7)18-11/h1-4,9,11,17H,5H2/t9-,11?/m1/s1. The van der Waals surface area contributed by atoms with E-state index in [0.717, 1.165) is 9.35 Å². The fraction of sp³-hybridized carbons (Fsp3) is 0.231. The molecule has 1 aromatic heterocycles. The van der Waals surface area contributed by atoms with Crippen LogP contribution in [0.3, 0.4) is 0 Å². The van der Waals surface area contributed by atoms with Gasteiger partial charge in [-0.25, -0.2) is 4.39 Å². The summed E-state index contributed by atoms with van der Waals surface area (Å²) in [6.07, 6.45) is -0.606. The molecule has 2 nitrogen and oxygen atoms in total. The lowest BCUT2D eigenvalue weighted by Gasteiger charge is -2.29. The van der Waals surface area contributed by atoms with E-state index >= 15 is 0 Å². The van der Waals surface area contributed by atoms with Crippen molar-refractivity contribution in [3.8, 4) is 5.75 Å². The summed E-state index contributed by atoms with van der Waals surface area (Å²) in [4.78, 5) is 0.936. The molecule has 1 aromatic carbocycles. The van der Waals surface area contributed by atoms with E-state index in [4.69, 9.17) is 16.3 Å². The van der Waals surface area contributed by atoms with E-state index in [2.05, 4.69) is 15.9 Å². The average molecular weight is 364 g/mol. The summed E-state index contributed by atoms with van der Waals surface area (Å²) in [5.41, 5.74) is 0.498. The summed E-state index contributed by atoms with van der Waals surface area (Å²) >= 11 is 10.8. The maximum absolute atomic E-state index is 13.2. The lowest BCUT2D eigenvalue weighted by Crippen LogP contribution is -2.18. The van der Waals surface area contributed by atoms with Crippen molar-refractivity contribution >= 4 is 38.9 Å². The van der Waals surface area contributed by atoms with E-state index in [-0.39, 0.29) is 11.9 Å². The van der Waals surface area contributed by atoms with Crippen molar-refractivity contribution in [2.24, 2.45) is 0 Å². The molecule has 0 bridgehead atoms. The van der Waals surface area contributed by atoms with Gasteiger partial charge in [0.15, 0.2) is 0 Å². The molecular weight excluding hydrogens is 355 g/mol. The summed E-state index contributed by atoms with van der Waals surface area (Å²) in [7, 11) is 0. The Morgan fingerprint density at radius 3 is 2.89 bits per heavy atom. The van der Waals surface area contributed by atoms with Crippen LogP contribution in [0.2, 0.25) is 4.34 Å². The smallest absolute Gasteiger partial charge is 0.136 e. The van der Waals surface area contributed by atoms with Gasteiger partial charge in [-0.2, -0.15) is 0 Å². The van der Waals surface area contributed by atoms with Crippen molar-refractivity contribution in [3.05, 3.63) is 49.3 Å². The second kappa shape index (κ2) is 5.05. The maximum Gasteiger partial charge on any atom is 0.136 e. The van der Waals surface area contributed by atoms with Crippen molar-refractivity contribution in [2.75, 3.05) is 0 Å². The van der Waals surface area contributed by atoms with Gasteiger partial charge < -0.3 is 9.84 Å². The van der Waals surface area contributed by atoms with Crippen LogP contribution in [0.5, 0.6) is 5.75 Å². The topological polar surface area (TPSA) is 29.5 Å². The predicted molar refractivity (Wildman–Crippen MR) is 76.4 cm³/mol. The van der Waals surface area contributed by atoms with Crippen LogP contribution in [0.15, 0.2) is 28.7 Å². The second-order valence-corrected chi connectivity index (χ2v) is 6.85. The van der Waals surface area contributed by atoms with Gasteiger partial charge in [0.25, 0.3) is 0 Å². The van der Waals surface area contributed by atoms with Crippen LogP contribution in [-0.4, -0.2) is 5.11 Å². The number of rotatable bonds is 1. The average Bonchev–Trinajstić information content (AvgIpc) is 2.70. The van der Waals surface area contributed by atoms with Gasteiger partial charge in [0.1, 0.15) is 22.0 Å². The molecule has 1 N–H and O–H groups in total. The molecule has 19 heavy (non-hydrogen) atoms. The minimum atomic E-state index is -0.732. The molecule has 6 heteroatoms. The van der Waals surface area contributed by atoms with Gasteiger partial charge in [0.05, 0.1) is 6.10 Å². The molecule has 0 saturated carbocycles. The quantitative estimate of drug-likeness (QED) is 0.784. The molecule has 0 radical (unpaired) electrons. The van der Waals surface area contributed by atoms with Gasteiger partial charge in [0.2, 0.25) is 0 Å². The van der Waals surface area contributed by atoms with Crippen molar-refractivity contribution in [1.82, 2.24) is 0 Å². The Morgan fingerprint density at radius 1 is 1.42 bits per heavy atom. The normalized spacial score (nSPS) is 21.9. The largest absolute Gasteiger partial charge is 0.484 e. The number of thiophene rings is 1. The number of aliphatic hydroxyl groups excluding tert-OH is 1. The zero-order chi connectivity index (χ0) is 13.6. The molecule has 2 atom stereocenters. The molecule has 0 spiro atoms. The molecule has 0 amide bonds. The van der Waals surface area contributed by atoms with Crippen LogP contribution < -0.4 is 4.74 Å². The van der Waals surface area contributed by atoms with Crippen molar-refractivity contribution in [3.63, 3.8) is 0 Å². The molecule has 1 aliphatic rings. The van der Waals surface area contributed by atoms with E-state index in [9.17, 15) is 9.50 Å². The summed E-state index contributed by atoms with van der Waals surface area (Å²) in [5.74, 6) is 0.146. The van der Waals surface area contributed by atoms with E-state index < -0.39 is 6.10 Å². The Kier molecular flexibility index (Phi) is 3.55. The van der Waals surface area contributed by atoms with Crippen LogP contribution >= 0.6 is 38.9 Å². The third-order valence-electron chi connectivity index (χ3n) is 3.02. The first kappa shape index (κ1) is 13.4. The van der Waals surface area contributed by atoms with Crippen molar-refractivity contribution in [1.29, 1.82) is 0 Å². The van der Waals surface area contributed by atoms with Crippen LogP contribution in [0.1, 0.15) is 29.1 Å². The van der Waals surface area contributed by atoms with E-state index in [1.54, 1.807) is 6.07 Å². The Balaban J connectivity index is 1.94. The van der Waals surface area contributed by atoms with Gasteiger partial charge in [-0.3, -0.25) is 0 Å². The Labute approximate surface area is 126 Å². The monoisotopic (exact) mass is 362 g/mol. The Morgan fingerprint density at radius 2 is 2.21 bits per heavy atom. The van der Waals surface area contributed by atoms with Gasteiger partial charge in [0, 0.05) is 21.3 Å². The number of hydrogen-bond donors (Lipinski definition) is 1. The first-order chi connectivity index (χ1) is 9.04. The SMILES string of the molecule is O[C@@H]1CC(c2cc(Br)c(Cl)s2)Oc2ccc(F)cc21. The molecule has 1 aliphatic heterocycles. The summed E-state index contributed by atoms with van der Waals surface area (Å²) in [6, 6.07) is 6.07. The van der Waals surface area contributed by atoms with Crippen LogP contribution in [0, 0.1) is 5.82 Å². The Bertz CT molecular complexity index is 612. The van der Waals surface area contributed by atoms with Crippen molar-refractivity contribution < 1.29 is 14.2 Å². The number of aliphatic hydroxyl groups is 1. The first-order valence-electron chi connectivity index (χ1n) is 5.63. The van der Waals surface area contributed by atoms with Crippen molar-refractivity contribution in [2.45, 2.75) is 18.6 Å². The van der Waals surface area contributed by atoms with Crippen LogP contribution in [-0.2, 0) is 0 Å². The van der Waals surface area contributed by atoms with Gasteiger partial charge in [-0.15, -0.1) is 11.3 Å². The molecular formula is C13H9BrClFO2S. The van der Waals surface area contributed by atoms with Gasteiger partial charge >= 0.3 is 0 Å². The number of hydrogen-bond acceptors (Lipinski definition) is 3. The lowest BCUT2D eigenvalue weighted by atomic mass is 9.98.